The molecule has 0 aromatic rings. The molecule has 5 N–H and O–H groups in total. The van der Waals surface area contributed by atoms with Crippen LogP contribution < -0.4 is 26.6 Å². The number of nitrogens with one attached hydrogen (secondary N) is 5. The van der Waals surface area contributed by atoms with Crippen molar-refractivity contribution in [3.63, 3.8) is 0 Å². The van der Waals surface area contributed by atoms with Crippen LogP contribution in [0.15, 0.2) is 0 Å². The van der Waals surface area contributed by atoms with E-state index in [0.717, 1.165) is 97.4 Å². The molecule has 0 fully saturated rings. The number of nitrogens with zero attached hydrogens (tertiary/aromatic N) is 1. The van der Waals surface area contributed by atoms with Crippen LogP contribution in [0, 0.1) is 0 Å². The second-order valence-corrected chi connectivity index (χ2v) is 19.3. The molecule has 0 unspecified atom stereocenters. The summed E-state index contributed by atoms with van der Waals surface area (Å²) in [5.41, 5.74) is 0. The van der Waals surface area contributed by atoms with E-state index < -0.39 is 0 Å². The lowest BCUT2D eigenvalue weighted by Gasteiger charge is -2.22. The van der Waals surface area contributed by atoms with Crippen molar-refractivity contribution in [2.75, 3.05) is 65.4 Å². The van der Waals surface area contributed by atoms with E-state index in [1.54, 1.807) is 0 Å². The summed E-state index contributed by atoms with van der Waals surface area (Å²) in [7, 11) is 0. The maximum atomic E-state index is 12.8. The molecule has 0 aliphatic carbocycles. The fourth-order valence-electron chi connectivity index (χ4n) is 8.56. The van der Waals surface area contributed by atoms with Gasteiger partial charge < -0.3 is 31.5 Å². The van der Waals surface area contributed by atoms with E-state index in [4.69, 9.17) is 0 Å². The Labute approximate surface area is 398 Å². The third-order valence-corrected chi connectivity index (χ3v) is 13.0. The van der Waals surface area contributed by atoms with Crippen molar-refractivity contribution in [2.24, 2.45) is 0 Å². The van der Waals surface area contributed by atoms with Crippen molar-refractivity contribution in [1.82, 2.24) is 31.5 Å². The van der Waals surface area contributed by atoms with Crippen LogP contribution in [0.5, 0.6) is 0 Å². The molecule has 0 saturated heterocycles. The Morgan fingerprint density at radius 2 is 0.547 bits per heavy atom. The molecule has 0 heterocycles. The molecule has 0 radical (unpaired) electrons. The third kappa shape index (κ3) is 51.3. The number of hydrogen-bond acceptors (Lipinski definition) is 6. The molecule has 0 aromatic carbocycles. The lowest BCUT2D eigenvalue weighted by Crippen LogP contribution is -2.37. The van der Waals surface area contributed by atoms with Gasteiger partial charge in [-0.2, -0.15) is 0 Å². The summed E-state index contributed by atoms with van der Waals surface area (Å²) in [6.07, 6.45) is 48.4. The Morgan fingerprint density at radius 1 is 0.266 bits per heavy atom. The molecule has 9 nitrogen and oxygen atoms in total. The summed E-state index contributed by atoms with van der Waals surface area (Å²) < 4.78 is 0. The molecule has 0 aliphatic rings. The van der Waals surface area contributed by atoms with E-state index in [0.29, 0.717) is 25.8 Å². The van der Waals surface area contributed by atoms with E-state index in [2.05, 4.69) is 52.3 Å². The smallest absolute Gasteiger partial charge is 0.221 e. The Morgan fingerprint density at radius 3 is 0.906 bits per heavy atom. The van der Waals surface area contributed by atoms with Crippen LogP contribution >= 0.6 is 0 Å². The van der Waals surface area contributed by atoms with Gasteiger partial charge in [-0.3, -0.25) is 14.4 Å². The highest BCUT2D eigenvalue weighted by Gasteiger charge is 2.09. The molecular formula is C55H112N6O3. The minimum Gasteiger partial charge on any atom is -0.356 e. The predicted octanol–water partition coefficient (Wildman–Crippen LogP) is 13.1. The zero-order chi connectivity index (χ0) is 46.5. The number of amides is 3. The van der Waals surface area contributed by atoms with Crippen LogP contribution in [0.4, 0.5) is 0 Å². The summed E-state index contributed by atoms with van der Waals surface area (Å²) in [6.45, 7) is 15.0. The van der Waals surface area contributed by atoms with Crippen molar-refractivity contribution in [1.29, 1.82) is 0 Å². The summed E-state index contributed by atoms with van der Waals surface area (Å²) in [5.74, 6) is 0.457. The molecule has 9 heteroatoms. The van der Waals surface area contributed by atoms with Gasteiger partial charge in [0.1, 0.15) is 0 Å². The molecule has 0 spiro atoms. The fourth-order valence-corrected chi connectivity index (χ4v) is 8.56. The quantitative estimate of drug-likeness (QED) is 0.0389. The van der Waals surface area contributed by atoms with Crippen molar-refractivity contribution >= 4 is 17.7 Å². The Kier molecular flexibility index (Phi) is 52.5. The van der Waals surface area contributed by atoms with Gasteiger partial charge in [0, 0.05) is 71.6 Å². The second-order valence-electron chi connectivity index (χ2n) is 19.3. The molecule has 0 saturated carbocycles. The lowest BCUT2D eigenvalue weighted by atomic mass is 10.1. The van der Waals surface area contributed by atoms with E-state index in [1.165, 1.54) is 193 Å². The van der Waals surface area contributed by atoms with Gasteiger partial charge in [0.15, 0.2) is 0 Å². The van der Waals surface area contributed by atoms with Gasteiger partial charge in [-0.25, -0.2) is 0 Å². The summed E-state index contributed by atoms with van der Waals surface area (Å²) >= 11 is 0. The van der Waals surface area contributed by atoms with Crippen LogP contribution in [-0.2, 0) is 14.4 Å². The molecular weight excluding hydrogens is 793 g/mol. The summed E-state index contributed by atoms with van der Waals surface area (Å²) in [5, 5.41) is 16.3. The zero-order valence-corrected chi connectivity index (χ0v) is 43.3. The molecule has 0 atom stereocenters. The molecule has 64 heavy (non-hydrogen) atoms. The minimum atomic E-state index is 0.139. The van der Waals surface area contributed by atoms with E-state index in [9.17, 15) is 14.4 Å². The topological polar surface area (TPSA) is 115 Å². The van der Waals surface area contributed by atoms with Crippen molar-refractivity contribution in [3.8, 4) is 0 Å². The third-order valence-electron chi connectivity index (χ3n) is 13.0. The Hall–Kier alpha value is -1.71. The molecule has 0 bridgehead atoms. The first-order valence-electron chi connectivity index (χ1n) is 28.5. The maximum absolute atomic E-state index is 12.8. The first-order valence-corrected chi connectivity index (χ1v) is 28.5. The monoisotopic (exact) mass is 905 g/mol. The van der Waals surface area contributed by atoms with Crippen molar-refractivity contribution in [2.45, 2.75) is 271 Å². The van der Waals surface area contributed by atoms with Crippen LogP contribution in [0.25, 0.3) is 0 Å². The molecule has 3 amide bonds. The van der Waals surface area contributed by atoms with Gasteiger partial charge >= 0.3 is 0 Å². The van der Waals surface area contributed by atoms with Crippen LogP contribution in [-0.4, -0.2) is 88.1 Å². The number of rotatable bonds is 54. The van der Waals surface area contributed by atoms with Gasteiger partial charge in [-0.05, 0) is 45.2 Å². The van der Waals surface area contributed by atoms with Gasteiger partial charge in [-0.1, -0.05) is 220 Å². The van der Waals surface area contributed by atoms with Crippen LogP contribution in [0.2, 0.25) is 0 Å². The minimum absolute atomic E-state index is 0.139. The van der Waals surface area contributed by atoms with Crippen molar-refractivity contribution in [3.05, 3.63) is 0 Å². The molecule has 380 valence electrons. The first kappa shape index (κ1) is 62.3. The summed E-state index contributed by atoms with van der Waals surface area (Å²) in [6, 6.07) is 0. The van der Waals surface area contributed by atoms with Gasteiger partial charge in [0.05, 0.1) is 0 Å². The maximum Gasteiger partial charge on any atom is 0.221 e. The number of hydrogen-bond donors (Lipinski definition) is 5. The van der Waals surface area contributed by atoms with Crippen LogP contribution in [0.3, 0.4) is 0 Å². The number of unbranched alkanes of at least 4 members (excludes halogenated alkanes) is 32. The summed E-state index contributed by atoms with van der Waals surface area (Å²) in [4.78, 5) is 39.9. The highest BCUT2D eigenvalue weighted by Crippen LogP contribution is 2.13. The van der Waals surface area contributed by atoms with E-state index >= 15 is 0 Å². The highest BCUT2D eigenvalue weighted by molar-refractivity contribution is 5.76. The van der Waals surface area contributed by atoms with Gasteiger partial charge in [0.25, 0.3) is 0 Å². The van der Waals surface area contributed by atoms with Gasteiger partial charge in [0.2, 0.25) is 17.7 Å². The number of carbonyl (C=O) groups is 3. The molecule has 0 aromatic heterocycles. The Bertz CT molecular complexity index is 968. The normalized spacial score (nSPS) is 11.4. The van der Waals surface area contributed by atoms with E-state index in [-0.39, 0.29) is 17.7 Å². The van der Waals surface area contributed by atoms with Crippen molar-refractivity contribution < 1.29 is 14.4 Å². The average Bonchev–Trinajstić information content (AvgIpc) is 3.29. The standard InChI is InChI=1S/C55H112N6O3/c1-4-7-10-13-16-19-22-25-28-31-36-44-58-53(62)40-47-56-43-35-34-39-50-61(51-42-55(64)60-46-38-33-30-27-24-21-18-15-12-9-6-3)52-49-57-48-41-54(63)59-45-37-32-29-26-23-20-17-14-11-8-5-2/h56-57H,4-52H2,1-3H3,(H,58,62)(H,59,63)(H,60,64). The highest BCUT2D eigenvalue weighted by atomic mass is 16.2. The fraction of sp³-hybridized carbons (Fsp3) is 0.945. The zero-order valence-electron chi connectivity index (χ0n) is 43.3. The predicted molar refractivity (Wildman–Crippen MR) is 278 cm³/mol. The molecule has 0 rings (SSSR count). The SMILES string of the molecule is CCCCCCCCCCCCCNC(=O)CCNCCCCCN(CCNCCC(=O)NCCCCCCCCCCCCC)CCC(=O)NCCCCCCCCCCCCC. The first-order chi connectivity index (χ1) is 31.5. The van der Waals surface area contributed by atoms with Crippen LogP contribution in [0.1, 0.15) is 271 Å². The Balaban J connectivity index is 4.21. The number of carbonyl (C=O) groups excluding carboxylic acids is 3. The molecule has 0 aliphatic heterocycles. The second kappa shape index (κ2) is 53.9. The average molecular weight is 906 g/mol. The van der Waals surface area contributed by atoms with E-state index in [1.807, 2.05) is 0 Å². The lowest BCUT2D eigenvalue weighted by molar-refractivity contribution is -0.122. The largest absolute Gasteiger partial charge is 0.356 e. The van der Waals surface area contributed by atoms with Gasteiger partial charge in [-0.15, -0.1) is 0 Å².